The van der Waals surface area contributed by atoms with Crippen LogP contribution in [0.5, 0.6) is 0 Å². The summed E-state index contributed by atoms with van der Waals surface area (Å²) in [5.41, 5.74) is 1.31. The Morgan fingerprint density at radius 3 is 2.41 bits per heavy atom. The zero-order valence-electron chi connectivity index (χ0n) is 15.8. The first-order chi connectivity index (χ1) is 13.1. The Hall–Kier alpha value is -2.37. The minimum Gasteiger partial charge on any atom is -0.452 e. The van der Waals surface area contributed by atoms with Crippen molar-refractivity contribution in [2.75, 3.05) is 26.2 Å². The molecule has 0 bridgehead atoms. The Morgan fingerprint density at radius 1 is 0.963 bits per heavy atom. The summed E-state index contributed by atoms with van der Waals surface area (Å²) in [5.74, 6) is -0.462. The molecular weight excluding hydrogens is 344 g/mol. The molecule has 2 heterocycles. The third-order valence-corrected chi connectivity index (χ3v) is 5.24. The summed E-state index contributed by atoms with van der Waals surface area (Å²) in [6, 6.07) is 7.10. The molecule has 2 fully saturated rings. The van der Waals surface area contributed by atoms with Gasteiger partial charge in [-0.05, 0) is 37.0 Å². The molecule has 0 unspecified atom stereocenters. The molecular formula is C21H28N2O4. The first kappa shape index (κ1) is 19.4. The van der Waals surface area contributed by atoms with Gasteiger partial charge in [0.1, 0.15) is 0 Å². The highest BCUT2D eigenvalue weighted by molar-refractivity contribution is 5.91. The minimum absolute atomic E-state index is 0.121. The number of hydrogen-bond donors (Lipinski definition) is 0. The summed E-state index contributed by atoms with van der Waals surface area (Å²) < 4.78 is 5.25. The van der Waals surface area contributed by atoms with Crippen LogP contribution < -0.4 is 0 Å². The van der Waals surface area contributed by atoms with Gasteiger partial charge in [0.2, 0.25) is 5.91 Å². The fourth-order valence-electron chi connectivity index (χ4n) is 3.69. The van der Waals surface area contributed by atoms with Crippen molar-refractivity contribution in [3.05, 3.63) is 35.4 Å². The van der Waals surface area contributed by atoms with Crippen LogP contribution in [-0.2, 0) is 20.9 Å². The van der Waals surface area contributed by atoms with E-state index >= 15 is 0 Å². The molecule has 0 aliphatic carbocycles. The molecule has 2 saturated heterocycles. The molecule has 2 aliphatic rings. The summed E-state index contributed by atoms with van der Waals surface area (Å²) in [7, 11) is 0. The van der Waals surface area contributed by atoms with Crippen molar-refractivity contribution in [2.45, 2.75) is 51.5 Å². The summed E-state index contributed by atoms with van der Waals surface area (Å²) in [6.07, 6.45) is 7.04. The molecule has 2 amide bonds. The lowest BCUT2D eigenvalue weighted by molar-refractivity contribution is -0.135. The van der Waals surface area contributed by atoms with Gasteiger partial charge in [0, 0.05) is 32.6 Å². The van der Waals surface area contributed by atoms with E-state index in [2.05, 4.69) is 0 Å². The van der Waals surface area contributed by atoms with Crippen molar-refractivity contribution in [3.63, 3.8) is 0 Å². The quantitative estimate of drug-likeness (QED) is 0.746. The van der Waals surface area contributed by atoms with Gasteiger partial charge in [-0.25, -0.2) is 4.79 Å². The number of carbonyl (C=O) groups excluding carboxylic acids is 3. The molecule has 3 rings (SSSR count). The van der Waals surface area contributed by atoms with Crippen LogP contribution in [0, 0.1) is 0 Å². The van der Waals surface area contributed by atoms with Crippen LogP contribution in [0.25, 0.3) is 0 Å². The Kier molecular flexibility index (Phi) is 6.85. The number of hydrogen-bond acceptors (Lipinski definition) is 4. The summed E-state index contributed by atoms with van der Waals surface area (Å²) in [4.78, 5) is 40.0. The fraction of sp³-hybridized carbons (Fsp3) is 0.571. The maximum Gasteiger partial charge on any atom is 0.338 e. The molecule has 0 saturated carbocycles. The average Bonchev–Trinajstić information content (AvgIpc) is 3.04. The van der Waals surface area contributed by atoms with Gasteiger partial charge in [-0.3, -0.25) is 9.59 Å². The van der Waals surface area contributed by atoms with Crippen LogP contribution in [0.15, 0.2) is 24.3 Å². The highest BCUT2D eigenvalue weighted by Gasteiger charge is 2.21. The minimum atomic E-state index is -0.495. The highest BCUT2D eigenvalue weighted by Crippen LogP contribution is 2.16. The number of nitrogens with zero attached hydrogens (tertiary/aromatic N) is 2. The number of benzene rings is 1. The molecule has 2 aliphatic heterocycles. The van der Waals surface area contributed by atoms with E-state index in [0.717, 1.165) is 57.3 Å². The predicted molar refractivity (Wildman–Crippen MR) is 101 cm³/mol. The second kappa shape index (κ2) is 9.53. The second-order valence-corrected chi connectivity index (χ2v) is 7.34. The van der Waals surface area contributed by atoms with Crippen LogP contribution >= 0.6 is 0 Å². The predicted octanol–water partition coefficient (Wildman–Crippen LogP) is 2.76. The highest BCUT2D eigenvalue weighted by atomic mass is 16.5. The fourth-order valence-corrected chi connectivity index (χ4v) is 3.69. The van der Waals surface area contributed by atoms with Gasteiger partial charge in [0.15, 0.2) is 6.61 Å². The molecule has 0 aromatic heterocycles. The van der Waals surface area contributed by atoms with E-state index in [1.54, 1.807) is 23.1 Å². The van der Waals surface area contributed by atoms with E-state index in [0.29, 0.717) is 18.5 Å². The van der Waals surface area contributed by atoms with Gasteiger partial charge >= 0.3 is 5.97 Å². The molecule has 0 atom stereocenters. The topological polar surface area (TPSA) is 66.9 Å². The first-order valence-corrected chi connectivity index (χ1v) is 9.95. The number of ether oxygens (including phenoxy) is 1. The van der Waals surface area contributed by atoms with Gasteiger partial charge in [0.25, 0.3) is 5.91 Å². The average molecular weight is 372 g/mol. The van der Waals surface area contributed by atoms with Crippen LogP contribution in [0.1, 0.15) is 60.9 Å². The van der Waals surface area contributed by atoms with E-state index in [9.17, 15) is 14.4 Å². The standard InChI is InChI=1S/C21H28N2O4/c24-19-10-7-13-23(19)15-17-8-6-9-18(14-17)21(26)27-16-20(25)22-11-4-2-1-3-5-12-22/h6,8-9,14H,1-5,7,10-13,15-16H2. The van der Waals surface area contributed by atoms with Gasteiger partial charge in [-0.2, -0.15) is 0 Å². The van der Waals surface area contributed by atoms with Crippen molar-refractivity contribution in [3.8, 4) is 0 Å². The Balaban J connectivity index is 1.52. The number of amides is 2. The SMILES string of the molecule is O=C(OCC(=O)N1CCCCCCC1)c1cccc(CN2CCCC2=O)c1. The van der Waals surface area contributed by atoms with Crippen molar-refractivity contribution in [1.82, 2.24) is 9.80 Å². The summed E-state index contributed by atoms with van der Waals surface area (Å²) in [5, 5.41) is 0. The number of likely N-dealkylation sites (tertiary alicyclic amines) is 2. The van der Waals surface area contributed by atoms with Crippen molar-refractivity contribution in [2.24, 2.45) is 0 Å². The molecule has 0 spiro atoms. The Labute approximate surface area is 160 Å². The maximum absolute atomic E-state index is 12.3. The van der Waals surface area contributed by atoms with Crippen molar-refractivity contribution < 1.29 is 19.1 Å². The third-order valence-electron chi connectivity index (χ3n) is 5.24. The number of rotatable bonds is 5. The molecule has 6 nitrogen and oxygen atoms in total. The van der Waals surface area contributed by atoms with E-state index in [1.165, 1.54) is 6.42 Å². The zero-order valence-corrected chi connectivity index (χ0v) is 15.8. The molecule has 0 radical (unpaired) electrons. The zero-order chi connectivity index (χ0) is 19.1. The van der Waals surface area contributed by atoms with Crippen molar-refractivity contribution >= 4 is 17.8 Å². The normalized spacial score (nSPS) is 18.1. The van der Waals surface area contributed by atoms with Gasteiger partial charge < -0.3 is 14.5 Å². The van der Waals surface area contributed by atoms with Gasteiger partial charge in [-0.15, -0.1) is 0 Å². The Morgan fingerprint density at radius 2 is 1.70 bits per heavy atom. The second-order valence-electron chi connectivity index (χ2n) is 7.34. The third kappa shape index (κ3) is 5.55. The first-order valence-electron chi connectivity index (χ1n) is 9.95. The number of esters is 1. The van der Waals surface area contributed by atoms with Crippen molar-refractivity contribution in [1.29, 1.82) is 0 Å². The summed E-state index contributed by atoms with van der Waals surface area (Å²) >= 11 is 0. The lowest BCUT2D eigenvalue weighted by Crippen LogP contribution is -2.36. The van der Waals surface area contributed by atoms with Crippen LogP contribution in [-0.4, -0.2) is 53.8 Å². The molecule has 6 heteroatoms. The summed E-state index contributed by atoms with van der Waals surface area (Å²) in [6.45, 7) is 2.55. The lowest BCUT2D eigenvalue weighted by Gasteiger charge is -2.24. The van der Waals surface area contributed by atoms with Crippen LogP contribution in [0.4, 0.5) is 0 Å². The van der Waals surface area contributed by atoms with Crippen LogP contribution in [0.2, 0.25) is 0 Å². The van der Waals surface area contributed by atoms with E-state index in [-0.39, 0.29) is 18.4 Å². The smallest absolute Gasteiger partial charge is 0.338 e. The largest absolute Gasteiger partial charge is 0.452 e. The molecule has 0 N–H and O–H groups in total. The molecule has 1 aromatic carbocycles. The lowest BCUT2D eigenvalue weighted by atomic mass is 10.1. The molecule has 27 heavy (non-hydrogen) atoms. The Bertz CT molecular complexity index is 681. The number of carbonyl (C=O) groups is 3. The van der Waals surface area contributed by atoms with Gasteiger partial charge in [-0.1, -0.05) is 31.4 Å². The monoisotopic (exact) mass is 372 g/mol. The maximum atomic E-state index is 12.3. The van der Waals surface area contributed by atoms with E-state index < -0.39 is 5.97 Å². The van der Waals surface area contributed by atoms with Crippen LogP contribution in [0.3, 0.4) is 0 Å². The van der Waals surface area contributed by atoms with E-state index in [4.69, 9.17) is 4.74 Å². The van der Waals surface area contributed by atoms with Gasteiger partial charge in [0.05, 0.1) is 5.56 Å². The van der Waals surface area contributed by atoms with E-state index in [1.807, 2.05) is 11.0 Å². The molecule has 1 aromatic rings. The molecule has 146 valence electrons.